The number of hydrogen-bond acceptors (Lipinski definition) is 3. The van der Waals surface area contributed by atoms with E-state index >= 15 is 0 Å². The van der Waals surface area contributed by atoms with Crippen LogP contribution in [0.25, 0.3) is 0 Å². The maximum atomic E-state index is 5.27. The van der Waals surface area contributed by atoms with Crippen molar-refractivity contribution in [3.8, 4) is 5.75 Å². The fraction of sp³-hybridized carbons (Fsp3) is 0.200. The van der Waals surface area contributed by atoms with Crippen molar-refractivity contribution in [1.29, 1.82) is 0 Å². The third-order valence-electron chi connectivity index (χ3n) is 2.72. The molecule has 0 bridgehead atoms. The van der Waals surface area contributed by atoms with Gasteiger partial charge in [-0.05, 0) is 48.9 Å². The predicted molar refractivity (Wildman–Crippen MR) is 77.8 cm³/mol. The molecule has 0 radical (unpaired) electrons. The summed E-state index contributed by atoms with van der Waals surface area (Å²) in [6.07, 6.45) is 0. The molecule has 0 aliphatic rings. The third-order valence-corrected chi connectivity index (χ3v) is 3.70. The zero-order valence-corrected chi connectivity index (χ0v) is 11.7. The predicted octanol–water partition coefficient (Wildman–Crippen LogP) is 4.20. The Hall–Kier alpha value is -1.61. The van der Waals surface area contributed by atoms with Crippen molar-refractivity contribution >= 4 is 17.4 Å². The van der Waals surface area contributed by atoms with E-state index in [0.717, 1.165) is 17.0 Å². The Morgan fingerprint density at radius 2 is 1.83 bits per heavy atom. The van der Waals surface area contributed by atoms with Crippen molar-refractivity contribution in [1.82, 2.24) is 0 Å². The van der Waals surface area contributed by atoms with Gasteiger partial charge in [0.2, 0.25) is 0 Å². The Labute approximate surface area is 112 Å². The summed E-state index contributed by atoms with van der Waals surface area (Å²) in [7, 11) is 3.63. The van der Waals surface area contributed by atoms with Crippen LogP contribution in [0.4, 0.5) is 5.69 Å². The Morgan fingerprint density at radius 3 is 2.50 bits per heavy atom. The summed E-state index contributed by atoms with van der Waals surface area (Å²) >= 11 is 1.75. The summed E-state index contributed by atoms with van der Waals surface area (Å²) in [4.78, 5) is 2.45. The van der Waals surface area contributed by atoms with Crippen LogP contribution in [0.3, 0.4) is 0 Å². The number of aryl methyl sites for hydroxylation is 1. The molecule has 0 fully saturated rings. The van der Waals surface area contributed by atoms with Gasteiger partial charge in [-0.15, -0.1) is 0 Å². The molecule has 0 amide bonds. The summed E-state index contributed by atoms with van der Waals surface area (Å²) < 4.78 is 5.27. The van der Waals surface area contributed by atoms with E-state index in [9.17, 15) is 0 Å². The second-order valence-corrected chi connectivity index (χ2v) is 5.16. The lowest BCUT2D eigenvalue weighted by atomic mass is 10.2. The van der Waals surface area contributed by atoms with Crippen LogP contribution in [0.2, 0.25) is 0 Å². The Morgan fingerprint density at radius 1 is 1.06 bits per heavy atom. The standard InChI is InChI=1S/C15H17NOS/c1-11-9-14(7-8-15(11)17-3)18-13-6-4-5-12(10-13)16-2/h4-10,16H,1-3H3. The first-order valence-electron chi connectivity index (χ1n) is 5.83. The van der Waals surface area contributed by atoms with Gasteiger partial charge in [-0.1, -0.05) is 17.8 Å². The fourth-order valence-electron chi connectivity index (χ4n) is 1.77. The average molecular weight is 259 g/mol. The molecule has 0 heterocycles. The largest absolute Gasteiger partial charge is 0.496 e. The molecule has 94 valence electrons. The summed E-state index contributed by atoms with van der Waals surface area (Å²) in [6.45, 7) is 2.06. The van der Waals surface area contributed by atoms with E-state index in [1.807, 2.05) is 13.1 Å². The van der Waals surface area contributed by atoms with E-state index in [1.54, 1.807) is 18.9 Å². The second kappa shape index (κ2) is 5.83. The Kier molecular flexibility index (Phi) is 4.15. The summed E-state index contributed by atoms with van der Waals surface area (Å²) in [5, 5.41) is 3.15. The normalized spacial score (nSPS) is 10.2. The molecule has 0 saturated carbocycles. The van der Waals surface area contributed by atoms with Crippen LogP contribution in [0, 0.1) is 6.92 Å². The molecule has 18 heavy (non-hydrogen) atoms. The Bertz CT molecular complexity index is 540. The van der Waals surface area contributed by atoms with Crippen molar-refractivity contribution < 1.29 is 4.74 Å². The monoisotopic (exact) mass is 259 g/mol. The molecule has 0 aliphatic heterocycles. The zero-order chi connectivity index (χ0) is 13.0. The van der Waals surface area contributed by atoms with Gasteiger partial charge in [0.25, 0.3) is 0 Å². The van der Waals surface area contributed by atoms with E-state index in [4.69, 9.17) is 4.74 Å². The van der Waals surface area contributed by atoms with Crippen molar-refractivity contribution in [2.24, 2.45) is 0 Å². The lowest BCUT2D eigenvalue weighted by Gasteiger charge is -2.08. The number of ether oxygens (including phenoxy) is 1. The van der Waals surface area contributed by atoms with Gasteiger partial charge in [-0.25, -0.2) is 0 Å². The first-order valence-corrected chi connectivity index (χ1v) is 6.65. The topological polar surface area (TPSA) is 21.3 Å². The van der Waals surface area contributed by atoms with Crippen LogP contribution >= 0.6 is 11.8 Å². The number of methoxy groups -OCH3 is 1. The molecule has 2 rings (SSSR count). The van der Waals surface area contributed by atoms with E-state index < -0.39 is 0 Å². The van der Waals surface area contributed by atoms with Gasteiger partial charge in [0, 0.05) is 22.5 Å². The minimum absolute atomic E-state index is 0.934. The van der Waals surface area contributed by atoms with E-state index in [2.05, 4.69) is 48.6 Å². The SMILES string of the molecule is CNc1cccc(Sc2ccc(OC)c(C)c2)c1. The Balaban J connectivity index is 2.20. The second-order valence-electron chi connectivity index (χ2n) is 4.01. The smallest absolute Gasteiger partial charge is 0.121 e. The molecule has 0 unspecified atom stereocenters. The van der Waals surface area contributed by atoms with E-state index in [0.29, 0.717) is 0 Å². The number of rotatable bonds is 4. The van der Waals surface area contributed by atoms with Crippen LogP contribution in [-0.4, -0.2) is 14.2 Å². The van der Waals surface area contributed by atoms with Gasteiger partial charge in [0.1, 0.15) is 5.75 Å². The van der Waals surface area contributed by atoms with Crippen molar-refractivity contribution in [2.45, 2.75) is 16.7 Å². The summed E-state index contributed by atoms with van der Waals surface area (Å²) in [5.74, 6) is 0.934. The fourth-order valence-corrected chi connectivity index (χ4v) is 2.74. The van der Waals surface area contributed by atoms with Gasteiger partial charge >= 0.3 is 0 Å². The van der Waals surface area contributed by atoms with Gasteiger partial charge in [0.15, 0.2) is 0 Å². The highest BCUT2D eigenvalue weighted by Gasteiger charge is 2.02. The van der Waals surface area contributed by atoms with Crippen LogP contribution in [-0.2, 0) is 0 Å². The quantitative estimate of drug-likeness (QED) is 0.889. The first kappa shape index (κ1) is 12.8. The molecule has 2 nitrogen and oxygen atoms in total. The maximum absolute atomic E-state index is 5.27. The van der Waals surface area contributed by atoms with Crippen LogP contribution < -0.4 is 10.1 Å². The van der Waals surface area contributed by atoms with Crippen molar-refractivity contribution in [3.63, 3.8) is 0 Å². The highest BCUT2D eigenvalue weighted by atomic mass is 32.2. The molecule has 2 aromatic carbocycles. The lowest BCUT2D eigenvalue weighted by Crippen LogP contribution is -1.88. The van der Waals surface area contributed by atoms with Gasteiger partial charge < -0.3 is 10.1 Å². The zero-order valence-electron chi connectivity index (χ0n) is 10.9. The first-order chi connectivity index (χ1) is 8.72. The molecule has 1 N–H and O–H groups in total. The molecule has 0 atom stereocenters. The van der Waals surface area contributed by atoms with Crippen LogP contribution in [0.1, 0.15) is 5.56 Å². The van der Waals surface area contributed by atoms with E-state index in [-0.39, 0.29) is 0 Å². The number of hydrogen-bond donors (Lipinski definition) is 1. The minimum atomic E-state index is 0.934. The third kappa shape index (κ3) is 2.99. The number of benzene rings is 2. The van der Waals surface area contributed by atoms with Gasteiger partial charge in [-0.3, -0.25) is 0 Å². The molecule has 2 aromatic rings. The van der Waals surface area contributed by atoms with Crippen molar-refractivity contribution in [3.05, 3.63) is 48.0 Å². The highest BCUT2D eigenvalue weighted by Crippen LogP contribution is 2.32. The molecular weight excluding hydrogens is 242 g/mol. The lowest BCUT2D eigenvalue weighted by molar-refractivity contribution is 0.411. The molecule has 0 spiro atoms. The van der Waals surface area contributed by atoms with Gasteiger partial charge in [-0.2, -0.15) is 0 Å². The maximum Gasteiger partial charge on any atom is 0.121 e. The molecule has 0 aromatic heterocycles. The summed E-state index contributed by atoms with van der Waals surface area (Å²) in [6, 6.07) is 14.6. The molecule has 3 heteroatoms. The van der Waals surface area contributed by atoms with Crippen LogP contribution in [0.15, 0.2) is 52.3 Å². The minimum Gasteiger partial charge on any atom is -0.496 e. The summed E-state index contributed by atoms with van der Waals surface area (Å²) in [5.41, 5.74) is 2.29. The van der Waals surface area contributed by atoms with Gasteiger partial charge in [0.05, 0.1) is 7.11 Å². The number of anilines is 1. The highest BCUT2D eigenvalue weighted by molar-refractivity contribution is 7.99. The molecular formula is C15H17NOS. The van der Waals surface area contributed by atoms with Crippen LogP contribution in [0.5, 0.6) is 5.75 Å². The number of nitrogens with one attached hydrogen (secondary N) is 1. The molecule has 0 saturated heterocycles. The molecule has 0 aliphatic carbocycles. The average Bonchev–Trinajstić information content (AvgIpc) is 2.39. The van der Waals surface area contributed by atoms with Crippen molar-refractivity contribution in [2.75, 3.05) is 19.5 Å². The van der Waals surface area contributed by atoms with E-state index in [1.165, 1.54) is 9.79 Å².